The van der Waals surface area contributed by atoms with Gasteiger partial charge < -0.3 is 10.2 Å². The average molecular weight is 308 g/mol. The van der Waals surface area contributed by atoms with Gasteiger partial charge in [-0.3, -0.25) is 9.59 Å². The first-order valence-corrected chi connectivity index (χ1v) is 7.89. The van der Waals surface area contributed by atoms with Crippen molar-refractivity contribution in [3.63, 3.8) is 0 Å². The van der Waals surface area contributed by atoms with Crippen LogP contribution in [-0.2, 0) is 4.79 Å². The molecule has 2 amide bonds. The number of hydrogen-bond donors (Lipinski definition) is 1. The Morgan fingerprint density at radius 2 is 1.87 bits per heavy atom. The van der Waals surface area contributed by atoms with Gasteiger partial charge in [0, 0.05) is 17.8 Å². The Bertz CT molecular complexity index is 712. The minimum atomic E-state index is -0.400. The first-order valence-electron chi connectivity index (χ1n) is 7.89. The lowest BCUT2D eigenvalue weighted by atomic mass is 10.1. The summed E-state index contributed by atoms with van der Waals surface area (Å²) in [7, 11) is 0. The number of benzene rings is 2. The van der Waals surface area contributed by atoms with Crippen molar-refractivity contribution in [1.82, 2.24) is 4.90 Å². The molecule has 1 aliphatic rings. The molecule has 1 heterocycles. The maximum Gasteiger partial charge on any atom is 0.254 e. The molecule has 3 rings (SSSR count). The monoisotopic (exact) mass is 308 g/mol. The number of anilines is 1. The van der Waals surface area contributed by atoms with Crippen molar-refractivity contribution in [3.8, 4) is 0 Å². The van der Waals surface area contributed by atoms with Crippen molar-refractivity contribution in [1.29, 1.82) is 0 Å². The van der Waals surface area contributed by atoms with E-state index >= 15 is 0 Å². The second-order valence-corrected chi connectivity index (χ2v) is 5.88. The SMILES string of the molecule is Cc1cccc(C(=O)N2CCCC2C(=O)Nc2ccccc2)c1. The van der Waals surface area contributed by atoms with E-state index in [9.17, 15) is 9.59 Å². The number of carbonyl (C=O) groups is 2. The Balaban J connectivity index is 1.74. The molecule has 118 valence electrons. The van der Waals surface area contributed by atoms with Crippen LogP contribution >= 0.6 is 0 Å². The molecule has 0 spiro atoms. The van der Waals surface area contributed by atoms with Crippen molar-refractivity contribution in [2.24, 2.45) is 0 Å². The minimum Gasteiger partial charge on any atom is -0.327 e. The number of hydrogen-bond acceptors (Lipinski definition) is 2. The van der Waals surface area contributed by atoms with E-state index in [0.29, 0.717) is 18.5 Å². The number of amides is 2. The molecule has 2 aromatic carbocycles. The van der Waals surface area contributed by atoms with E-state index in [1.54, 1.807) is 11.0 Å². The molecule has 1 unspecified atom stereocenters. The fourth-order valence-corrected chi connectivity index (χ4v) is 2.97. The van der Waals surface area contributed by atoms with Crippen molar-refractivity contribution in [2.75, 3.05) is 11.9 Å². The largest absolute Gasteiger partial charge is 0.327 e. The second-order valence-electron chi connectivity index (χ2n) is 5.88. The highest BCUT2D eigenvalue weighted by Crippen LogP contribution is 2.22. The quantitative estimate of drug-likeness (QED) is 0.946. The molecular formula is C19H20N2O2. The standard InChI is InChI=1S/C19H20N2O2/c1-14-7-5-8-15(13-14)19(23)21-12-6-11-17(21)18(22)20-16-9-3-2-4-10-16/h2-5,7-10,13,17H,6,11-12H2,1H3,(H,20,22). The van der Waals surface area contributed by atoms with Crippen LogP contribution in [0.2, 0.25) is 0 Å². The third-order valence-corrected chi connectivity index (χ3v) is 4.12. The highest BCUT2D eigenvalue weighted by molar-refractivity contribution is 6.01. The van der Waals surface area contributed by atoms with Crippen LogP contribution in [0.1, 0.15) is 28.8 Å². The van der Waals surface area contributed by atoms with Crippen LogP contribution in [-0.4, -0.2) is 29.3 Å². The lowest BCUT2D eigenvalue weighted by Gasteiger charge is -2.24. The van der Waals surface area contributed by atoms with Crippen LogP contribution in [0.4, 0.5) is 5.69 Å². The summed E-state index contributed by atoms with van der Waals surface area (Å²) in [6.07, 6.45) is 1.56. The fourth-order valence-electron chi connectivity index (χ4n) is 2.97. The zero-order valence-corrected chi connectivity index (χ0v) is 13.2. The third kappa shape index (κ3) is 3.42. The Hall–Kier alpha value is -2.62. The fraction of sp³-hybridized carbons (Fsp3) is 0.263. The van der Waals surface area contributed by atoms with E-state index in [2.05, 4.69) is 5.32 Å². The third-order valence-electron chi connectivity index (χ3n) is 4.12. The van der Waals surface area contributed by atoms with Gasteiger partial charge in [0.1, 0.15) is 6.04 Å². The van der Waals surface area contributed by atoms with Crippen LogP contribution in [0, 0.1) is 6.92 Å². The number of likely N-dealkylation sites (tertiary alicyclic amines) is 1. The molecule has 0 aliphatic carbocycles. The van der Waals surface area contributed by atoms with Crippen molar-refractivity contribution in [2.45, 2.75) is 25.8 Å². The lowest BCUT2D eigenvalue weighted by molar-refractivity contribution is -0.119. The first kappa shape index (κ1) is 15.3. The van der Waals surface area contributed by atoms with Crippen molar-refractivity contribution < 1.29 is 9.59 Å². The van der Waals surface area contributed by atoms with Gasteiger partial charge in [-0.25, -0.2) is 0 Å². The van der Waals surface area contributed by atoms with Gasteiger partial charge in [0.05, 0.1) is 0 Å². The van der Waals surface area contributed by atoms with Gasteiger partial charge in [0.15, 0.2) is 0 Å². The average Bonchev–Trinajstić information content (AvgIpc) is 3.05. The number of carbonyl (C=O) groups excluding carboxylic acids is 2. The molecule has 0 aromatic heterocycles. The lowest BCUT2D eigenvalue weighted by Crippen LogP contribution is -2.43. The predicted octanol–water partition coefficient (Wildman–Crippen LogP) is 3.24. The van der Waals surface area contributed by atoms with Crippen molar-refractivity contribution >= 4 is 17.5 Å². The van der Waals surface area contributed by atoms with Gasteiger partial charge in [-0.15, -0.1) is 0 Å². The van der Waals surface area contributed by atoms with Crippen LogP contribution < -0.4 is 5.32 Å². The molecule has 1 N–H and O–H groups in total. The maximum absolute atomic E-state index is 12.7. The van der Waals surface area contributed by atoms with Crippen LogP contribution in [0.15, 0.2) is 54.6 Å². The van der Waals surface area contributed by atoms with Gasteiger partial charge in [-0.1, -0.05) is 35.9 Å². The van der Waals surface area contributed by atoms with Gasteiger partial charge >= 0.3 is 0 Å². The zero-order chi connectivity index (χ0) is 16.2. The molecule has 23 heavy (non-hydrogen) atoms. The Kier molecular flexibility index (Phi) is 4.42. The molecule has 0 saturated carbocycles. The van der Waals surface area contributed by atoms with E-state index in [1.165, 1.54) is 0 Å². The highest BCUT2D eigenvalue weighted by Gasteiger charge is 2.34. The number of rotatable bonds is 3. The maximum atomic E-state index is 12.7. The molecule has 4 nitrogen and oxygen atoms in total. The number of nitrogens with one attached hydrogen (secondary N) is 1. The first-order chi connectivity index (χ1) is 11.1. The van der Waals surface area contributed by atoms with Crippen LogP contribution in [0.25, 0.3) is 0 Å². The molecular weight excluding hydrogens is 288 g/mol. The Morgan fingerprint density at radius 3 is 2.61 bits per heavy atom. The summed E-state index contributed by atoms with van der Waals surface area (Å²) in [4.78, 5) is 26.9. The molecule has 1 atom stereocenters. The van der Waals surface area contributed by atoms with E-state index in [-0.39, 0.29) is 11.8 Å². The Labute approximate surface area is 136 Å². The van der Waals surface area contributed by atoms with E-state index in [0.717, 1.165) is 17.7 Å². The van der Waals surface area contributed by atoms with Crippen LogP contribution in [0.3, 0.4) is 0 Å². The number of aryl methyl sites for hydroxylation is 1. The molecule has 0 bridgehead atoms. The molecule has 4 heteroatoms. The predicted molar refractivity (Wildman–Crippen MR) is 90.3 cm³/mol. The number of para-hydroxylation sites is 1. The van der Waals surface area contributed by atoms with Crippen LogP contribution in [0.5, 0.6) is 0 Å². The van der Waals surface area contributed by atoms with Gasteiger partial charge in [-0.2, -0.15) is 0 Å². The molecule has 0 radical (unpaired) electrons. The van der Waals surface area contributed by atoms with Gasteiger partial charge in [0.2, 0.25) is 5.91 Å². The summed E-state index contributed by atoms with van der Waals surface area (Å²) in [5.41, 5.74) is 2.44. The van der Waals surface area contributed by atoms with E-state index in [4.69, 9.17) is 0 Å². The summed E-state index contributed by atoms with van der Waals surface area (Å²) >= 11 is 0. The normalized spacial score (nSPS) is 17.1. The molecule has 1 saturated heterocycles. The zero-order valence-electron chi connectivity index (χ0n) is 13.2. The van der Waals surface area contributed by atoms with Gasteiger partial charge in [0.25, 0.3) is 5.91 Å². The highest BCUT2D eigenvalue weighted by atomic mass is 16.2. The topological polar surface area (TPSA) is 49.4 Å². The summed E-state index contributed by atoms with van der Waals surface area (Å²) in [5, 5.41) is 2.90. The summed E-state index contributed by atoms with van der Waals surface area (Å²) in [5.74, 6) is -0.186. The molecule has 2 aromatic rings. The molecule has 1 aliphatic heterocycles. The minimum absolute atomic E-state index is 0.0700. The smallest absolute Gasteiger partial charge is 0.254 e. The number of nitrogens with zero attached hydrogens (tertiary/aromatic N) is 1. The van der Waals surface area contributed by atoms with Gasteiger partial charge in [-0.05, 0) is 44.0 Å². The van der Waals surface area contributed by atoms with E-state index in [1.807, 2.05) is 55.5 Å². The molecule has 1 fully saturated rings. The summed E-state index contributed by atoms with van der Waals surface area (Å²) in [6.45, 7) is 2.58. The van der Waals surface area contributed by atoms with Crippen molar-refractivity contribution in [3.05, 3.63) is 65.7 Å². The second kappa shape index (κ2) is 6.65. The summed E-state index contributed by atoms with van der Waals surface area (Å²) < 4.78 is 0. The Morgan fingerprint density at radius 1 is 1.09 bits per heavy atom. The van der Waals surface area contributed by atoms with E-state index < -0.39 is 6.04 Å². The summed E-state index contributed by atoms with van der Waals surface area (Å²) in [6, 6.07) is 16.4.